The lowest BCUT2D eigenvalue weighted by atomic mass is 9.90. The molecule has 0 heterocycles. The van der Waals surface area contributed by atoms with Crippen molar-refractivity contribution in [2.45, 2.75) is 54.4 Å². The molecule has 0 fully saturated rings. The fourth-order valence-corrected chi connectivity index (χ4v) is 2.99. The average Bonchev–Trinajstić information content (AvgIpc) is 2.61. The minimum atomic E-state index is -4.54. The Morgan fingerprint density at radius 1 is 0.871 bits per heavy atom. The number of thiocarbonyl (C=S) groups is 2. The van der Waals surface area contributed by atoms with Crippen molar-refractivity contribution in [1.82, 2.24) is 20.8 Å². The van der Waals surface area contributed by atoms with Crippen LogP contribution >= 0.6 is 39.9 Å². The molecular weight excluding hydrogens is 486 g/mol. The third-order valence-electron chi connectivity index (χ3n) is 4.49. The fourth-order valence-electron chi connectivity index (χ4n) is 1.71. The van der Waals surface area contributed by atoms with Crippen molar-refractivity contribution >= 4 is 50.2 Å². The summed E-state index contributed by atoms with van der Waals surface area (Å²) < 4.78 is 33.0. The number of rotatable bonds is 12. The van der Waals surface area contributed by atoms with Crippen molar-refractivity contribution in [2.24, 2.45) is 21.8 Å². The number of hydrogen-bond donors (Lipinski definition) is 6. The zero-order chi connectivity index (χ0) is 24.7. The first-order valence-electron chi connectivity index (χ1n) is 9.54. The third-order valence-corrected chi connectivity index (χ3v) is 6.05. The standard InChI is InChI=1S/C15H36N6O6P2S2/c1-7-14(3,4)9-18-12(30)20(26-28(16,22)23)11-21(27-29(17,24)25)13(31)19-10-15(5,6)8-2/h7-11H2,1-6H3,(H,18,30)(H,19,31)(H3,16,22,23)(H3,17,24,25). The topological polar surface area (TPSA) is 176 Å². The molecule has 16 heteroatoms. The quantitative estimate of drug-likeness (QED) is 0.0951. The van der Waals surface area contributed by atoms with Crippen molar-refractivity contribution in [3.05, 3.63) is 0 Å². The van der Waals surface area contributed by atoms with Gasteiger partial charge in [0.2, 0.25) is 0 Å². The lowest BCUT2D eigenvalue weighted by molar-refractivity contribution is -0.101. The molecule has 0 aromatic carbocycles. The van der Waals surface area contributed by atoms with Crippen LogP contribution in [0.2, 0.25) is 0 Å². The molecule has 0 spiro atoms. The predicted octanol–water partition coefficient (Wildman–Crippen LogP) is 2.15. The zero-order valence-electron chi connectivity index (χ0n) is 18.8. The summed E-state index contributed by atoms with van der Waals surface area (Å²) in [5.74, 6) is 0. The van der Waals surface area contributed by atoms with Crippen molar-refractivity contribution in [2.75, 3.05) is 19.8 Å². The normalized spacial score (nSPS) is 16.1. The summed E-state index contributed by atoms with van der Waals surface area (Å²) in [6, 6.07) is 0. The molecule has 0 aliphatic rings. The maximum atomic E-state index is 11.7. The van der Waals surface area contributed by atoms with Crippen LogP contribution in [0.4, 0.5) is 0 Å². The molecular formula is C15H36N6O6P2S2. The van der Waals surface area contributed by atoms with E-state index in [0.717, 1.165) is 23.0 Å². The minimum absolute atomic E-state index is 0.115. The number of hydroxylamine groups is 4. The van der Waals surface area contributed by atoms with Gasteiger partial charge in [-0.3, -0.25) is 0 Å². The van der Waals surface area contributed by atoms with Crippen molar-refractivity contribution in [3.8, 4) is 0 Å². The SMILES string of the molecule is CCC(C)(C)CNC(=S)N(CN(OP(N)(=O)O)C(=S)NCC(C)(C)CC)OP(N)(=O)O. The van der Waals surface area contributed by atoms with Gasteiger partial charge in [0.05, 0.1) is 0 Å². The van der Waals surface area contributed by atoms with E-state index in [0.29, 0.717) is 13.1 Å². The smallest absolute Gasteiger partial charge is 0.360 e. The molecule has 0 aliphatic heterocycles. The van der Waals surface area contributed by atoms with Gasteiger partial charge in [0.15, 0.2) is 10.2 Å². The molecule has 0 radical (unpaired) electrons. The number of hydrogen-bond acceptors (Lipinski definition) is 6. The molecule has 0 aromatic heterocycles. The van der Waals surface area contributed by atoms with E-state index in [1.165, 1.54) is 0 Å². The van der Waals surface area contributed by atoms with Crippen molar-refractivity contribution < 1.29 is 28.2 Å². The predicted molar refractivity (Wildman–Crippen MR) is 128 cm³/mol. The lowest BCUT2D eigenvalue weighted by Gasteiger charge is -2.34. The summed E-state index contributed by atoms with van der Waals surface area (Å²) in [6.45, 7) is 12.2. The Bertz CT molecular complexity index is 656. The van der Waals surface area contributed by atoms with Gasteiger partial charge in [0, 0.05) is 13.1 Å². The first kappa shape index (κ1) is 30.6. The van der Waals surface area contributed by atoms with Gasteiger partial charge < -0.3 is 20.4 Å². The Morgan fingerprint density at radius 2 is 1.16 bits per heavy atom. The molecule has 31 heavy (non-hydrogen) atoms. The van der Waals surface area contributed by atoms with Crippen LogP contribution < -0.4 is 21.6 Å². The van der Waals surface area contributed by atoms with Crippen LogP contribution in [0.3, 0.4) is 0 Å². The second kappa shape index (κ2) is 12.2. The summed E-state index contributed by atoms with van der Waals surface area (Å²) >= 11 is 10.5. The van der Waals surface area contributed by atoms with Crippen molar-refractivity contribution in [3.63, 3.8) is 0 Å². The summed E-state index contributed by atoms with van der Waals surface area (Å²) in [5.41, 5.74) is 9.96. The van der Waals surface area contributed by atoms with Gasteiger partial charge in [-0.2, -0.15) is 19.4 Å². The van der Waals surface area contributed by atoms with Crippen molar-refractivity contribution in [1.29, 1.82) is 0 Å². The van der Waals surface area contributed by atoms with Crippen LogP contribution in [0, 0.1) is 10.8 Å². The molecule has 8 N–H and O–H groups in total. The molecule has 0 saturated heterocycles. The second-order valence-electron chi connectivity index (χ2n) is 8.54. The fraction of sp³-hybridized carbons (Fsp3) is 0.867. The van der Waals surface area contributed by atoms with Gasteiger partial charge in [-0.15, -0.1) is 0 Å². The monoisotopic (exact) mass is 522 g/mol. The zero-order valence-corrected chi connectivity index (χ0v) is 22.2. The second-order valence-corrected chi connectivity index (χ2v) is 11.9. The van der Waals surface area contributed by atoms with E-state index in [-0.39, 0.29) is 21.1 Å². The van der Waals surface area contributed by atoms with Gasteiger partial charge in [-0.25, -0.2) is 20.1 Å². The van der Waals surface area contributed by atoms with Crippen LogP contribution in [0.15, 0.2) is 0 Å². The first-order chi connectivity index (χ1) is 13.8. The third kappa shape index (κ3) is 14.4. The van der Waals surface area contributed by atoms with E-state index in [4.69, 9.17) is 44.7 Å². The highest BCUT2D eigenvalue weighted by molar-refractivity contribution is 7.80. The summed E-state index contributed by atoms with van der Waals surface area (Å²) in [7, 11) is -9.08. The van der Waals surface area contributed by atoms with E-state index in [1.54, 1.807) is 0 Å². The van der Waals surface area contributed by atoms with Gasteiger partial charge in [-0.1, -0.05) is 41.5 Å². The van der Waals surface area contributed by atoms with Gasteiger partial charge in [-0.05, 0) is 48.1 Å². The van der Waals surface area contributed by atoms with E-state index in [2.05, 4.69) is 10.6 Å². The molecule has 2 atom stereocenters. The minimum Gasteiger partial charge on any atom is -0.360 e. The lowest BCUT2D eigenvalue weighted by Crippen LogP contribution is -2.51. The molecule has 0 bridgehead atoms. The van der Waals surface area contributed by atoms with Crippen LogP contribution in [-0.4, -0.2) is 49.9 Å². The molecule has 2 unspecified atom stereocenters. The van der Waals surface area contributed by atoms with E-state index < -0.39 is 22.2 Å². The van der Waals surface area contributed by atoms with Crippen LogP contribution in [0.25, 0.3) is 0 Å². The average molecular weight is 523 g/mol. The van der Waals surface area contributed by atoms with Crippen LogP contribution in [0.1, 0.15) is 54.4 Å². The molecule has 12 nitrogen and oxygen atoms in total. The molecule has 0 aliphatic carbocycles. The maximum Gasteiger partial charge on any atom is 0.421 e. The Hall–Kier alpha value is -0.400. The molecule has 184 valence electrons. The molecule has 0 aromatic rings. The van der Waals surface area contributed by atoms with Gasteiger partial charge in [0.1, 0.15) is 6.67 Å². The van der Waals surface area contributed by atoms with Crippen LogP contribution in [-0.2, 0) is 18.4 Å². The Balaban J connectivity index is 5.60. The Kier molecular flexibility index (Phi) is 12.0. The Labute approximate surface area is 195 Å². The molecule has 0 rings (SSSR count). The van der Waals surface area contributed by atoms with Gasteiger partial charge >= 0.3 is 15.5 Å². The largest absolute Gasteiger partial charge is 0.421 e. The van der Waals surface area contributed by atoms with E-state index in [1.807, 2.05) is 41.5 Å². The highest BCUT2D eigenvalue weighted by Crippen LogP contribution is 2.35. The molecule has 0 saturated carbocycles. The number of nitrogens with zero attached hydrogens (tertiary/aromatic N) is 2. The summed E-state index contributed by atoms with van der Waals surface area (Å²) in [4.78, 5) is 19.0. The first-order valence-corrected chi connectivity index (χ1v) is 13.6. The highest BCUT2D eigenvalue weighted by atomic mass is 32.1. The number of nitrogens with two attached hydrogens (primary N) is 2. The maximum absolute atomic E-state index is 11.7. The van der Waals surface area contributed by atoms with Crippen LogP contribution in [0.5, 0.6) is 0 Å². The van der Waals surface area contributed by atoms with Gasteiger partial charge in [0.25, 0.3) is 0 Å². The van der Waals surface area contributed by atoms with E-state index in [9.17, 15) is 18.9 Å². The van der Waals surface area contributed by atoms with E-state index >= 15 is 0 Å². The molecule has 0 amide bonds. The highest BCUT2D eigenvalue weighted by Gasteiger charge is 2.30. The summed E-state index contributed by atoms with van der Waals surface area (Å²) in [6.07, 6.45) is 1.66. The summed E-state index contributed by atoms with van der Waals surface area (Å²) in [5, 5.41) is 7.05. The Morgan fingerprint density at radius 3 is 1.39 bits per heavy atom. The number of nitrogens with one attached hydrogen (secondary N) is 2.